The number of aromatic nitrogens is 1. The van der Waals surface area contributed by atoms with Gasteiger partial charge in [0, 0.05) is 23.9 Å². The highest BCUT2D eigenvalue weighted by molar-refractivity contribution is 7.18. The van der Waals surface area contributed by atoms with Crippen LogP contribution in [0, 0.1) is 6.92 Å². The van der Waals surface area contributed by atoms with Gasteiger partial charge in [0.1, 0.15) is 0 Å². The maximum Gasteiger partial charge on any atom is 0.235 e. The van der Waals surface area contributed by atoms with Gasteiger partial charge in [-0.05, 0) is 49.6 Å². The summed E-state index contributed by atoms with van der Waals surface area (Å²) >= 11 is 8.07. The van der Waals surface area contributed by atoms with E-state index in [9.17, 15) is 4.79 Å². The number of rotatable bonds is 3. The molecule has 4 rings (SSSR count). The van der Waals surface area contributed by atoms with Crippen molar-refractivity contribution in [2.75, 3.05) is 18.5 Å². The van der Waals surface area contributed by atoms with Gasteiger partial charge in [-0.25, -0.2) is 4.98 Å². The summed E-state index contributed by atoms with van der Waals surface area (Å²) in [6.07, 6.45) is 1.23. The van der Waals surface area contributed by atoms with E-state index in [2.05, 4.69) is 10.3 Å². The molecule has 0 bridgehead atoms. The van der Waals surface area contributed by atoms with Crippen molar-refractivity contribution in [3.63, 3.8) is 0 Å². The fraction of sp³-hybridized carbons (Fsp3) is 0.300. The first kappa shape index (κ1) is 17.5. The number of hydrogen-bond acceptors (Lipinski definition) is 4. The van der Waals surface area contributed by atoms with Gasteiger partial charge in [-0.1, -0.05) is 29.8 Å². The van der Waals surface area contributed by atoms with Crippen LogP contribution in [-0.4, -0.2) is 24.1 Å². The Balaban J connectivity index is 1.69. The van der Waals surface area contributed by atoms with Crippen LogP contribution in [0.4, 0.5) is 5.69 Å². The average molecular weight is 387 g/mol. The fourth-order valence-corrected chi connectivity index (χ4v) is 4.74. The molecule has 0 radical (unpaired) electrons. The molecule has 1 saturated heterocycles. The third kappa shape index (κ3) is 3.11. The van der Waals surface area contributed by atoms with Gasteiger partial charge < -0.3 is 10.1 Å². The number of halogens is 1. The van der Waals surface area contributed by atoms with Crippen molar-refractivity contribution in [3.05, 3.63) is 58.1 Å². The van der Waals surface area contributed by atoms with Crippen molar-refractivity contribution < 1.29 is 9.53 Å². The monoisotopic (exact) mass is 386 g/mol. The van der Waals surface area contributed by atoms with Crippen molar-refractivity contribution in [3.8, 4) is 0 Å². The molecule has 0 atom stereocenters. The fourth-order valence-electron chi connectivity index (χ4n) is 3.56. The van der Waals surface area contributed by atoms with Crippen molar-refractivity contribution in [2.45, 2.75) is 25.2 Å². The van der Waals surface area contributed by atoms with Crippen LogP contribution in [0.1, 0.15) is 23.4 Å². The molecule has 1 amide bonds. The minimum absolute atomic E-state index is 0.0329. The molecule has 26 heavy (non-hydrogen) atoms. The minimum atomic E-state index is -0.671. The number of nitrogens with zero attached hydrogens (tertiary/aromatic N) is 1. The first-order valence-electron chi connectivity index (χ1n) is 8.60. The van der Waals surface area contributed by atoms with Gasteiger partial charge >= 0.3 is 0 Å². The number of amides is 1. The zero-order valence-electron chi connectivity index (χ0n) is 14.4. The Morgan fingerprint density at radius 2 is 2.00 bits per heavy atom. The topological polar surface area (TPSA) is 51.2 Å². The summed E-state index contributed by atoms with van der Waals surface area (Å²) < 4.78 is 6.59. The lowest BCUT2D eigenvalue weighted by molar-refractivity contribution is -0.125. The number of nitrogens with one attached hydrogen (secondary N) is 1. The molecular formula is C20H19ClN2O2S. The molecular weight excluding hydrogens is 368 g/mol. The summed E-state index contributed by atoms with van der Waals surface area (Å²) in [6, 6.07) is 13.4. The highest BCUT2D eigenvalue weighted by Crippen LogP contribution is 2.40. The van der Waals surface area contributed by atoms with Crippen molar-refractivity contribution in [1.29, 1.82) is 0 Å². The van der Waals surface area contributed by atoms with E-state index in [0.29, 0.717) is 31.1 Å². The first-order valence-corrected chi connectivity index (χ1v) is 9.79. The minimum Gasteiger partial charge on any atom is -0.381 e. The Labute approximate surface area is 161 Å². The Kier molecular flexibility index (Phi) is 4.69. The van der Waals surface area contributed by atoms with Gasteiger partial charge in [0.15, 0.2) is 0 Å². The zero-order valence-corrected chi connectivity index (χ0v) is 16.0. The highest BCUT2D eigenvalue weighted by atomic mass is 35.5. The largest absolute Gasteiger partial charge is 0.381 e. The summed E-state index contributed by atoms with van der Waals surface area (Å²) in [4.78, 5) is 17.8. The average Bonchev–Trinajstić information content (AvgIpc) is 3.02. The highest BCUT2D eigenvalue weighted by Gasteiger charge is 2.43. The molecule has 0 aliphatic carbocycles. The first-order chi connectivity index (χ1) is 12.6. The summed E-state index contributed by atoms with van der Waals surface area (Å²) in [6.45, 7) is 3.08. The maximum absolute atomic E-state index is 13.3. The van der Waals surface area contributed by atoms with Crippen LogP contribution < -0.4 is 5.32 Å². The van der Waals surface area contributed by atoms with E-state index in [-0.39, 0.29) is 5.91 Å². The third-order valence-corrected chi connectivity index (χ3v) is 6.19. The van der Waals surface area contributed by atoms with E-state index < -0.39 is 5.41 Å². The number of thiazole rings is 1. The molecule has 6 heteroatoms. The molecule has 0 spiro atoms. The number of benzene rings is 2. The molecule has 0 unspecified atom stereocenters. The second-order valence-corrected chi connectivity index (χ2v) is 8.19. The van der Waals surface area contributed by atoms with E-state index in [1.165, 1.54) is 0 Å². The van der Waals surface area contributed by atoms with Crippen LogP contribution in [0.15, 0.2) is 42.5 Å². The molecule has 1 aliphatic heterocycles. The van der Waals surface area contributed by atoms with E-state index in [1.54, 1.807) is 11.3 Å². The predicted molar refractivity (Wildman–Crippen MR) is 106 cm³/mol. The standard InChI is InChI=1S/C20H19ClN2O2S/c1-13-22-17-7-6-14(12-18(17)26-13)23-19(24)20(8-10-25-11-9-20)15-4-2-3-5-16(15)21/h2-7,12H,8-11H2,1H3,(H,23,24). The quantitative estimate of drug-likeness (QED) is 0.693. The lowest BCUT2D eigenvalue weighted by Crippen LogP contribution is -2.45. The van der Waals surface area contributed by atoms with Crippen LogP contribution in [0.25, 0.3) is 10.2 Å². The smallest absolute Gasteiger partial charge is 0.235 e. The van der Waals surface area contributed by atoms with E-state index in [4.69, 9.17) is 16.3 Å². The lowest BCUT2D eigenvalue weighted by atomic mass is 9.73. The molecule has 1 fully saturated rings. The number of ether oxygens (including phenoxy) is 1. The Morgan fingerprint density at radius 1 is 1.23 bits per heavy atom. The van der Waals surface area contributed by atoms with Gasteiger partial charge in [0.2, 0.25) is 5.91 Å². The SMILES string of the molecule is Cc1nc2ccc(NC(=O)C3(c4ccccc4Cl)CCOCC3)cc2s1. The normalized spacial score (nSPS) is 16.5. The zero-order chi connectivity index (χ0) is 18.1. The number of hydrogen-bond donors (Lipinski definition) is 1. The van der Waals surface area contributed by atoms with Crippen LogP contribution in [0.2, 0.25) is 5.02 Å². The van der Waals surface area contributed by atoms with E-state index in [0.717, 1.165) is 26.5 Å². The number of carbonyl (C=O) groups excluding carboxylic acids is 1. The Bertz CT molecular complexity index is 963. The molecule has 134 valence electrons. The Hall–Kier alpha value is -1.95. The van der Waals surface area contributed by atoms with E-state index in [1.807, 2.05) is 49.4 Å². The number of anilines is 1. The van der Waals surface area contributed by atoms with Crippen LogP contribution in [0.5, 0.6) is 0 Å². The van der Waals surface area contributed by atoms with Crippen LogP contribution in [-0.2, 0) is 14.9 Å². The van der Waals surface area contributed by atoms with Gasteiger partial charge in [0.05, 0.1) is 20.6 Å². The molecule has 0 saturated carbocycles. The van der Waals surface area contributed by atoms with E-state index >= 15 is 0 Å². The van der Waals surface area contributed by atoms with Crippen molar-refractivity contribution in [2.24, 2.45) is 0 Å². The number of aryl methyl sites for hydroxylation is 1. The van der Waals surface area contributed by atoms with Gasteiger partial charge in [0.25, 0.3) is 0 Å². The number of fused-ring (bicyclic) bond motifs is 1. The van der Waals surface area contributed by atoms with Gasteiger partial charge in [-0.2, -0.15) is 0 Å². The maximum atomic E-state index is 13.3. The predicted octanol–water partition coefficient (Wildman–Crippen LogP) is 4.95. The lowest BCUT2D eigenvalue weighted by Gasteiger charge is -2.36. The van der Waals surface area contributed by atoms with Crippen molar-refractivity contribution >= 4 is 44.7 Å². The summed E-state index contributed by atoms with van der Waals surface area (Å²) in [5.41, 5.74) is 1.94. The second kappa shape index (κ2) is 6.99. The molecule has 1 aromatic heterocycles. The third-order valence-electron chi connectivity index (χ3n) is 4.92. The summed E-state index contributed by atoms with van der Waals surface area (Å²) in [7, 11) is 0. The molecule has 4 nitrogen and oxygen atoms in total. The molecule has 1 aliphatic rings. The van der Waals surface area contributed by atoms with Crippen LogP contribution >= 0.6 is 22.9 Å². The van der Waals surface area contributed by atoms with Crippen LogP contribution in [0.3, 0.4) is 0 Å². The number of carbonyl (C=O) groups is 1. The summed E-state index contributed by atoms with van der Waals surface area (Å²) in [5.74, 6) is -0.0329. The molecule has 2 aromatic carbocycles. The van der Waals surface area contributed by atoms with Gasteiger partial charge in [-0.15, -0.1) is 11.3 Å². The Morgan fingerprint density at radius 3 is 2.77 bits per heavy atom. The second-order valence-electron chi connectivity index (χ2n) is 6.54. The molecule has 2 heterocycles. The van der Waals surface area contributed by atoms with Crippen molar-refractivity contribution in [1.82, 2.24) is 4.98 Å². The molecule has 1 N–H and O–H groups in total. The van der Waals surface area contributed by atoms with Gasteiger partial charge in [-0.3, -0.25) is 4.79 Å². The molecule has 3 aromatic rings. The summed E-state index contributed by atoms with van der Waals surface area (Å²) in [5, 5.41) is 4.74.